The summed E-state index contributed by atoms with van der Waals surface area (Å²) < 4.78 is 22.9. The smallest absolute Gasteiger partial charge is 0.349 e. The second kappa shape index (κ2) is 9.00. The van der Waals surface area contributed by atoms with Gasteiger partial charge in [0, 0.05) is 16.7 Å². The minimum atomic E-state index is -0.525. The van der Waals surface area contributed by atoms with Crippen molar-refractivity contribution in [2.45, 2.75) is 6.54 Å². The lowest BCUT2D eigenvalue weighted by Crippen LogP contribution is -2.44. The van der Waals surface area contributed by atoms with E-state index in [0.717, 1.165) is 5.56 Å². The maximum Gasteiger partial charge on any atom is 0.349 e. The van der Waals surface area contributed by atoms with E-state index in [1.165, 1.54) is 27.2 Å². The average molecular weight is 473 g/mol. The van der Waals surface area contributed by atoms with Crippen LogP contribution in [-0.4, -0.2) is 4.40 Å². The molecule has 0 saturated carbocycles. The standard InChI is InChI=1S/C27H18ClFN2O3/c28-20-11-13-22(14-12-20)34-23-9-2-1-6-19(23)17-31-24-10-3-4-15-30(24)26(32)25(27(31)33)18-7-5-8-21(29)16-18/h1-16H,17H2. The van der Waals surface area contributed by atoms with Gasteiger partial charge in [-0.15, -0.1) is 0 Å². The van der Waals surface area contributed by atoms with Gasteiger partial charge in [-0.05, 0) is 54.1 Å². The summed E-state index contributed by atoms with van der Waals surface area (Å²) >= 11 is 5.97. The molecule has 0 N–H and O–H groups in total. The molecule has 0 amide bonds. The number of nitrogens with zero attached hydrogens (tertiary/aromatic N) is 2. The number of fused-ring (bicyclic) bond motifs is 1. The van der Waals surface area contributed by atoms with E-state index in [0.29, 0.717) is 22.2 Å². The number of pyridine rings is 1. The lowest BCUT2D eigenvalue weighted by Gasteiger charge is -2.18. The highest BCUT2D eigenvalue weighted by Gasteiger charge is 2.21. The number of para-hydroxylation sites is 1. The van der Waals surface area contributed by atoms with Gasteiger partial charge in [0.05, 0.1) is 12.1 Å². The van der Waals surface area contributed by atoms with Crippen LogP contribution in [0.25, 0.3) is 16.8 Å². The highest BCUT2D eigenvalue weighted by atomic mass is 35.5. The minimum Gasteiger partial charge on any atom is -0.842 e. The second-order valence-electron chi connectivity index (χ2n) is 7.67. The Morgan fingerprint density at radius 2 is 1.71 bits per heavy atom. The molecule has 0 saturated heterocycles. The lowest BCUT2D eigenvalue weighted by atomic mass is 10.1. The Morgan fingerprint density at radius 3 is 2.50 bits per heavy atom. The number of rotatable bonds is 5. The first-order chi connectivity index (χ1) is 16.5. The van der Waals surface area contributed by atoms with E-state index in [4.69, 9.17) is 16.3 Å². The number of benzene rings is 3. The summed E-state index contributed by atoms with van der Waals surface area (Å²) in [7, 11) is 0. The second-order valence-corrected chi connectivity index (χ2v) is 8.11. The van der Waals surface area contributed by atoms with Crippen molar-refractivity contribution < 1.29 is 18.8 Å². The van der Waals surface area contributed by atoms with Crippen molar-refractivity contribution in [2.75, 3.05) is 0 Å². The molecule has 5 rings (SSSR count). The third-order valence-electron chi connectivity index (χ3n) is 5.46. The van der Waals surface area contributed by atoms with Crippen molar-refractivity contribution in [3.8, 4) is 28.5 Å². The van der Waals surface area contributed by atoms with Crippen LogP contribution in [0.2, 0.25) is 5.02 Å². The number of halogens is 2. The van der Waals surface area contributed by atoms with Crippen LogP contribution < -0.4 is 20.0 Å². The summed E-state index contributed by atoms with van der Waals surface area (Å²) in [4.78, 5) is 13.2. The van der Waals surface area contributed by atoms with Gasteiger partial charge in [0.15, 0.2) is 0 Å². The van der Waals surface area contributed by atoms with Crippen molar-refractivity contribution in [1.82, 2.24) is 4.40 Å². The normalized spacial score (nSPS) is 11.0. The Bertz CT molecular complexity index is 1570. The average Bonchev–Trinajstić information content (AvgIpc) is 2.84. The molecular weight excluding hydrogens is 455 g/mol. The number of hydrogen-bond donors (Lipinski definition) is 0. The zero-order valence-electron chi connectivity index (χ0n) is 17.8. The van der Waals surface area contributed by atoms with Gasteiger partial charge in [-0.1, -0.05) is 48.0 Å². The molecule has 0 aliphatic carbocycles. The van der Waals surface area contributed by atoms with E-state index >= 15 is 0 Å². The van der Waals surface area contributed by atoms with Gasteiger partial charge in [-0.25, -0.2) is 13.8 Å². The van der Waals surface area contributed by atoms with E-state index in [1.54, 1.807) is 60.8 Å². The molecule has 0 aliphatic rings. The molecule has 3 aromatic carbocycles. The minimum absolute atomic E-state index is 0.0979. The first-order valence-corrected chi connectivity index (χ1v) is 10.9. The monoisotopic (exact) mass is 472 g/mol. The van der Waals surface area contributed by atoms with Crippen molar-refractivity contribution in [1.29, 1.82) is 0 Å². The maximum atomic E-state index is 13.9. The summed E-state index contributed by atoms with van der Waals surface area (Å²) in [6.45, 7) is 0.138. The molecule has 5 nitrogen and oxygen atoms in total. The van der Waals surface area contributed by atoms with Gasteiger partial charge in [0.2, 0.25) is 0 Å². The zero-order chi connectivity index (χ0) is 23.7. The van der Waals surface area contributed by atoms with Gasteiger partial charge in [0.1, 0.15) is 29.4 Å². The van der Waals surface area contributed by atoms with Crippen LogP contribution in [-0.2, 0) is 6.54 Å². The Hall–Kier alpha value is -4.16. The lowest BCUT2D eigenvalue weighted by molar-refractivity contribution is -0.708. The van der Waals surface area contributed by atoms with E-state index in [9.17, 15) is 14.3 Å². The Labute approximate surface area is 199 Å². The third-order valence-corrected chi connectivity index (χ3v) is 5.71. The molecule has 168 valence electrons. The number of hydrogen-bond acceptors (Lipinski definition) is 3. The fraction of sp³-hybridized carbons (Fsp3) is 0.0370. The molecule has 0 bridgehead atoms. The summed E-state index contributed by atoms with van der Waals surface area (Å²) in [6.07, 6.45) is 1.59. The number of ether oxygens (including phenoxy) is 1. The first-order valence-electron chi connectivity index (χ1n) is 10.5. The molecular formula is C27H18ClFN2O3. The molecule has 0 aliphatic heterocycles. The van der Waals surface area contributed by atoms with Gasteiger partial charge < -0.3 is 9.84 Å². The van der Waals surface area contributed by atoms with E-state index in [1.807, 2.05) is 18.2 Å². The SMILES string of the molecule is O=c1c(-c2cccc(F)c2)c([O-])[n+](Cc2ccccc2Oc2ccc(Cl)cc2)c2ccccn12. The Morgan fingerprint density at radius 1 is 0.941 bits per heavy atom. The van der Waals surface area contributed by atoms with E-state index < -0.39 is 17.3 Å². The van der Waals surface area contributed by atoms with Crippen molar-refractivity contribution in [3.05, 3.63) is 124 Å². The largest absolute Gasteiger partial charge is 0.842 e. The molecule has 0 spiro atoms. The Balaban J connectivity index is 1.66. The van der Waals surface area contributed by atoms with Gasteiger partial charge >= 0.3 is 5.56 Å². The van der Waals surface area contributed by atoms with Crippen LogP contribution in [0.3, 0.4) is 0 Å². The maximum absolute atomic E-state index is 13.9. The van der Waals surface area contributed by atoms with Crippen LogP contribution in [0.5, 0.6) is 17.4 Å². The third kappa shape index (κ3) is 4.11. The van der Waals surface area contributed by atoms with Gasteiger partial charge in [-0.3, -0.25) is 0 Å². The van der Waals surface area contributed by atoms with Gasteiger partial charge in [-0.2, -0.15) is 4.40 Å². The predicted octanol–water partition coefficient (Wildman–Crippen LogP) is 4.96. The fourth-order valence-corrected chi connectivity index (χ4v) is 3.98. The highest BCUT2D eigenvalue weighted by molar-refractivity contribution is 6.30. The van der Waals surface area contributed by atoms with Gasteiger partial charge in [0.25, 0.3) is 5.65 Å². The van der Waals surface area contributed by atoms with Crippen LogP contribution in [0.15, 0.2) is 102 Å². The molecule has 2 heterocycles. The van der Waals surface area contributed by atoms with Crippen LogP contribution in [0, 0.1) is 5.82 Å². The molecule has 5 aromatic rings. The zero-order valence-corrected chi connectivity index (χ0v) is 18.6. The molecule has 0 atom stereocenters. The van der Waals surface area contributed by atoms with Crippen LogP contribution in [0.4, 0.5) is 4.39 Å². The summed E-state index contributed by atoms with van der Waals surface area (Å²) in [6, 6.07) is 24.9. The van der Waals surface area contributed by atoms with Crippen LogP contribution in [0.1, 0.15) is 5.56 Å². The quantitative estimate of drug-likeness (QED) is 0.340. The van der Waals surface area contributed by atoms with E-state index in [2.05, 4.69) is 0 Å². The topological polar surface area (TPSA) is 57.6 Å². The summed E-state index contributed by atoms with van der Waals surface area (Å²) in [5.74, 6) is 0.119. The molecule has 0 unspecified atom stereocenters. The molecule has 0 fully saturated rings. The van der Waals surface area contributed by atoms with E-state index in [-0.39, 0.29) is 17.7 Å². The van der Waals surface area contributed by atoms with Crippen LogP contribution >= 0.6 is 11.6 Å². The number of aromatic nitrogens is 2. The molecule has 7 heteroatoms. The van der Waals surface area contributed by atoms with Crippen molar-refractivity contribution >= 4 is 17.2 Å². The molecule has 2 aromatic heterocycles. The van der Waals surface area contributed by atoms with Crippen molar-refractivity contribution in [3.63, 3.8) is 0 Å². The predicted molar refractivity (Wildman–Crippen MR) is 126 cm³/mol. The first kappa shape index (κ1) is 21.7. The fourth-order valence-electron chi connectivity index (χ4n) is 3.85. The molecule has 34 heavy (non-hydrogen) atoms. The summed E-state index contributed by atoms with van der Waals surface area (Å²) in [5, 5.41) is 14.2. The highest BCUT2D eigenvalue weighted by Crippen LogP contribution is 2.28. The Kier molecular flexibility index (Phi) is 5.74. The summed E-state index contributed by atoms with van der Waals surface area (Å²) in [5.41, 5.74) is 0.772. The van der Waals surface area contributed by atoms with Crippen molar-refractivity contribution in [2.24, 2.45) is 0 Å². The molecule has 0 radical (unpaired) electrons.